The molecule has 4 saturated carbocycles. The second kappa shape index (κ2) is 7.92. The second-order valence-corrected chi connectivity index (χ2v) is 13.5. The summed E-state index contributed by atoms with van der Waals surface area (Å²) in [5.74, 6) is 3.45. The molecule has 4 bridgehead atoms. The van der Waals surface area contributed by atoms with Gasteiger partial charge in [0.25, 0.3) is 0 Å². The molecule has 0 aliphatic heterocycles. The first-order valence-corrected chi connectivity index (χ1v) is 15.0. The molecule has 178 valence electrons. The standard InChI is InChI=1S/C34H28Br2/c35-28-7-1-22(2-8-28)24-5-11-30-31-12-6-25(23-3-9-29(36)10-4-23)19-33(31)34(32(30)18-24)26-14-20-13-21(16-26)17-27(34)15-20/h1-12,18-21,26-27H,13-17H2. The normalized spacial score (nSPS) is 26.3. The van der Waals surface area contributed by atoms with Crippen molar-refractivity contribution in [2.45, 2.75) is 37.5 Å². The SMILES string of the molecule is Brc1ccc(-c2ccc3c(c2)C2(c4cc(-c5ccc(Br)cc5)ccc4-3)C3CC4CC(C3)CC2C4)cc1. The van der Waals surface area contributed by atoms with Crippen LogP contribution in [0.5, 0.6) is 0 Å². The van der Waals surface area contributed by atoms with Crippen LogP contribution >= 0.6 is 31.9 Å². The summed E-state index contributed by atoms with van der Waals surface area (Å²) in [5, 5.41) is 0. The van der Waals surface area contributed by atoms with Crippen LogP contribution in [0.3, 0.4) is 0 Å². The van der Waals surface area contributed by atoms with Gasteiger partial charge in [-0.05, 0) is 137 Å². The smallest absolute Gasteiger partial charge is 0.0272 e. The molecule has 4 aromatic carbocycles. The van der Waals surface area contributed by atoms with Crippen LogP contribution in [0, 0.1) is 23.7 Å². The van der Waals surface area contributed by atoms with Gasteiger partial charge in [-0.2, -0.15) is 0 Å². The zero-order valence-corrected chi connectivity index (χ0v) is 23.4. The van der Waals surface area contributed by atoms with Gasteiger partial charge in [0.15, 0.2) is 0 Å². The Morgan fingerprint density at radius 1 is 0.472 bits per heavy atom. The molecule has 0 heterocycles. The lowest BCUT2D eigenvalue weighted by Crippen LogP contribution is -2.55. The van der Waals surface area contributed by atoms with Crippen molar-refractivity contribution in [3.8, 4) is 33.4 Å². The molecule has 0 amide bonds. The molecule has 5 aliphatic carbocycles. The summed E-state index contributed by atoms with van der Waals surface area (Å²) in [6.07, 6.45) is 7.14. The maximum absolute atomic E-state index is 3.61. The third-order valence-corrected chi connectivity index (χ3v) is 11.1. The molecule has 0 N–H and O–H groups in total. The fourth-order valence-electron chi connectivity index (χ4n) is 8.84. The molecular weight excluding hydrogens is 568 g/mol. The Balaban J connectivity index is 1.35. The van der Waals surface area contributed by atoms with E-state index in [1.165, 1.54) is 65.5 Å². The van der Waals surface area contributed by atoms with Crippen LogP contribution in [-0.4, -0.2) is 0 Å². The van der Waals surface area contributed by atoms with E-state index in [2.05, 4.69) is 117 Å². The molecule has 0 aromatic heterocycles. The summed E-state index contributed by atoms with van der Waals surface area (Å²) in [6, 6.07) is 32.4. The highest BCUT2D eigenvalue weighted by Gasteiger charge is 2.61. The molecular formula is C34H28Br2. The maximum atomic E-state index is 3.61. The number of hydrogen-bond acceptors (Lipinski definition) is 0. The van der Waals surface area contributed by atoms with Crippen molar-refractivity contribution in [3.05, 3.63) is 105 Å². The number of fused-ring (bicyclic) bond motifs is 3. The summed E-state index contributed by atoms with van der Waals surface area (Å²) in [6.45, 7) is 0. The average Bonchev–Trinajstić information content (AvgIpc) is 3.17. The first-order valence-electron chi connectivity index (χ1n) is 13.4. The molecule has 4 fully saturated rings. The average molecular weight is 596 g/mol. The van der Waals surface area contributed by atoms with Gasteiger partial charge in [0.05, 0.1) is 0 Å². The number of hydrogen-bond donors (Lipinski definition) is 0. The maximum Gasteiger partial charge on any atom is 0.0272 e. The Bertz CT molecular complexity index is 1370. The van der Waals surface area contributed by atoms with Crippen molar-refractivity contribution in [2.24, 2.45) is 23.7 Å². The van der Waals surface area contributed by atoms with Crippen molar-refractivity contribution >= 4 is 31.9 Å². The number of halogens is 2. The molecule has 0 radical (unpaired) electrons. The van der Waals surface area contributed by atoms with Crippen LogP contribution in [0.1, 0.15) is 43.2 Å². The van der Waals surface area contributed by atoms with Crippen LogP contribution in [0.25, 0.3) is 33.4 Å². The van der Waals surface area contributed by atoms with Gasteiger partial charge >= 0.3 is 0 Å². The molecule has 5 aliphatic rings. The van der Waals surface area contributed by atoms with Gasteiger partial charge in [-0.1, -0.05) is 80.4 Å². The van der Waals surface area contributed by atoms with E-state index in [9.17, 15) is 0 Å². The van der Waals surface area contributed by atoms with Gasteiger partial charge in [0, 0.05) is 14.4 Å². The summed E-state index contributed by atoms with van der Waals surface area (Å²) in [7, 11) is 0. The van der Waals surface area contributed by atoms with E-state index < -0.39 is 0 Å². The Kier molecular flexibility index (Phi) is 4.81. The van der Waals surface area contributed by atoms with Crippen LogP contribution in [-0.2, 0) is 5.41 Å². The van der Waals surface area contributed by atoms with Crippen molar-refractivity contribution in [1.82, 2.24) is 0 Å². The molecule has 36 heavy (non-hydrogen) atoms. The Morgan fingerprint density at radius 2 is 0.861 bits per heavy atom. The number of benzene rings is 4. The minimum Gasteiger partial charge on any atom is -0.0537 e. The molecule has 0 nitrogen and oxygen atoms in total. The summed E-state index contributed by atoms with van der Waals surface area (Å²) in [5.41, 5.74) is 11.7. The van der Waals surface area contributed by atoms with Gasteiger partial charge < -0.3 is 0 Å². The second-order valence-electron chi connectivity index (χ2n) is 11.7. The van der Waals surface area contributed by atoms with Crippen molar-refractivity contribution in [3.63, 3.8) is 0 Å². The predicted molar refractivity (Wildman–Crippen MR) is 156 cm³/mol. The third kappa shape index (κ3) is 3.04. The van der Waals surface area contributed by atoms with Crippen molar-refractivity contribution in [2.75, 3.05) is 0 Å². The lowest BCUT2D eigenvalue weighted by molar-refractivity contribution is -0.0399. The molecule has 0 saturated heterocycles. The predicted octanol–water partition coefficient (Wildman–Crippen LogP) is 10.3. The number of rotatable bonds is 2. The molecule has 1 spiro atoms. The van der Waals surface area contributed by atoms with Gasteiger partial charge in [0.2, 0.25) is 0 Å². The molecule has 2 heteroatoms. The molecule has 4 aromatic rings. The monoisotopic (exact) mass is 594 g/mol. The highest BCUT2D eigenvalue weighted by molar-refractivity contribution is 9.10. The zero-order valence-electron chi connectivity index (χ0n) is 20.2. The quantitative estimate of drug-likeness (QED) is 0.216. The largest absolute Gasteiger partial charge is 0.0537 e. The topological polar surface area (TPSA) is 0 Å². The minimum absolute atomic E-state index is 0.175. The highest BCUT2D eigenvalue weighted by atomic mass is 79.9. The summed E-state index contributed by atoms with van der Waals surface area (Å²) in [4.78, 5) is 0. The van der Waals surface area contributed by atoms with Crippen LogP contribution in [0.15, 0.2) is 93.9 Å². The first kappa shape index (κ1) is 21.9. The summed E-state index contributed by atoms with van der Waals surface area (Å²) >= 11 is 7.23. The fraction of sp³-hybridized carbons (Fsp3) is 0.294. The Morgan fingerprint density at radius 3 is 1.28 bits per heavy atom. The van der Waals surface area contributed by atoms with E-state index in [1.54, 1.807) is 11.1 Å². The fourth-order valence-corrected chi connectivity index (χ4v) is 9.37. The lowest BCUT2D eigenvalue weighted by atomic mass is 9.43. The van der Waals surface area contributed by atoms with E-state index in [4.69, 9.17) is 0 Å². The van der Waals surface area contributed by atoms with Gasteiger partial charge in [0.1, 0.15) is 0 Å². The van der Waals surface area contributed by atoms with Crippen molar-refractivity contribution < 1.29 is 0 Å². The molecule has 0 unspecified atom stereocenters. The summed E-state index contributed by atoms with van der Waals surface area (Å²) < 4.78 is 2.27. The molecule has 0 atom stereocenters. The van der Waals surface area contributed by atoms with E-state index >= 15 is 0 Å². The Hall–Kier alpha value is -2.16. The van der Waals surface area contributed by atoms with E-state index in [1.807, 2.05) is 0 Å². The minimum atomic E-state index is 0.175. The van der Waals surface area contributed by atoms with E-state index in [-0.39, 0.29) is 5.41 Å². The van der Waals surface area contributed by atoms with E-state index in [0.717, 1.165) is 32.6 Å². The van der Waals surface area contributed by atoms with Gasteiger partial charge in [-0.3, -0.25) is 0 Å². The van der Waals surface area contributed by atoms with Crippen LogP contribution in [0.2, 0.25) is 0 Å². The third-order valence-electron chi connectivity index (χ3n) is 10.0. The van der Waals surface area contributed by atoms with Crippen molar-refractivity contribution in [1.29, 1.82) is 0 Å². The first-order chi connectivity index (χ1) is 17.6. The molecule has 9 rings (SSSR count). The van der Waals surface area contributed by atoms with Gasteiger partial charge in [-0.15, -0.1) is 0 Å². The van der Waals surface area contributed by atoms with Crippen LogP contribution < -0.4 is 0 Å². The lowest BCUT2D eigenvalue weighted by Gasteiger charge is -2.61. The van der Waals surface area contributed by atoms with Gasteiger partial charge in [-0.25, -0.2) is 0 Å². The van der Waals surface area contributed by atoms with E-state index in [0.29, 0.717) is 0 Å². The zero-order chi connectivity index (χ0) is 24.0. The highest BCUT2D eigenvalue weighted by Crippen LogP contribution is 2.69. The Labute approximate surface area is 230 Å². The van der Waals surface area contributed by atoms with Crippen LogP contribution in [0.4, 0.5) is 0 Å².